The summed E-state index contributed by atoms with van der Waals surface area (Å²) in [5.74, 6) is -0.988. The molecule has 8 heteroatoms. The van der Waals surface area contributed by atoms with E-state index in [9.17, 15) is 17.9 Å². The molecule has 0 aliphatic carbocycles. The fraction of sp³-hybridized carbons (Fsp3) is 0.357. The Morgan fingerprint density at radius 3 is 2.59 bits per heavy atom. The zero-order valence-electron chi connectivity index (χ0n) is 12.6. The first-order valence-electron chi connectivity index (χ1n) is 6.86. The Bertz CT molecular complexity index is 800. The minimum Gasteiger partial charge on any atom is -0.506 e. The quantitative estimate of drug-likeness (QED) is 0.825. The van der Waals surface area contributed by atoms with E-state index < -0.39 is 15.8 Å². The van der Waals surface area contributed by atoms with Crippen LogP contribution in [0.1, 0.15) is 25.2 Å². The van der Waals surface area contributed by atoms with E-state index in [-0.39, 0.29) is 16.3 Å². The maximum absolute atomic E-state index is 13.3. The fourth-order valence-corrected chi connectivity index (χ4v) is 3.95. The van der Waals surface area contributed by atoms with Gasteiger partial charge in [0.05, 0.1) is 17.1 Å². The van der Waals surface area contributed by atoms with Crippen molar-refractivity contribution in [2.75, 3.05) is 4.72 Å². The summed E-state index contributed by atoms with van der Waals surface area (Å²) in [6.45, 7) is 3.63. The van der Waals surface area contributed by atoms with Gasteiger partial charge in [-0.15, -0.1) is 0 Å². The van der Waals surface area contributed by atoms with E-state index in [0.717, 1.165) is 18.2 Å². The van der Waals surface area contributed by atoms with Crippen LogP contribution >= 0.6 is 0 Å². The second kappa shape index (κ2) is 5.96. The van der Waals surface area contributed by atoms with Crippen LogP contribution in [0.5, 0.6) is 5.75 Å². The lowest BCUT2D eigenvalue weighted by Crippen LogP contribution is -2.16. The minimum absolute atomic E-state index is 0.0867. The molecule has 0 saturated carbocycles. The van der Waals surface area contributed by atoms with Crippen LogP contribution < -0.4 is 4.72 Å². The molecule has 0 amide bonds. The van der Waals surface area contributed by atoms with E-state index in [1.807, 2.05) is 6.92 Å². The number of aromatic hydroxyl groups is 1. The second-order valence-corrected chi connectivity index (χ2v) is 6.44. The van der Waals surface area contributed by atoms with Gasteiger partial charge in [0.2, 0.25) is 0 Å². The summed E-state index contributed by atoms with van der Waals surface area (Å²) in [4.78, 5) is 0.0867. The normalized spacial score (nSPS) is 11.6. The third-order valence-corrected chi connectivity index (χ3v) is 4.82. The van der Waals surface area contributed by atoms with Crippen LogP contribution in [0.4, 0.5) is 10.1 Å². The van der Waals surface area contributed by atoms with Crippen LogP contribution in [0, 0.1) is 5.82 Å². The molecule has 0 bridgehead atoms. The van der Waals surface area contributed by atoms with E-state index in [1.54, 1.807) is 14.0 Å². The van der Waals surface area contributed by atoms with Gasteiger partial charge in [-0.05, 0) is 25.0 Å². The van der Waals surface area contributed by atoms with Crippen LogP contribution in [0.15, 0.2) is 23.1 Å². The predicted octanol–water partition coefficient (Wildman–Crippen LogP) is 2.19. The maximum atomic E-state index is 13.3. The standard InChI is InChI=1S/C14H18FN3O3S/c1-4-10-14(12(5-2)18(3)16-10)22(20,21)17-11-8-9(15)6-7-13(11)19/h6-8,17,19H,4-5H2,1-3H3. The molecule has 6 nitrogen and oxygen atoms in total. The number of phenolic OH excluding ortho intramolecular Hbond substituents is 1. The summed E-state index contributed by atoms with van der Waals surface area (Å²) in [5.41, 5.74) is 0.788. The molecule has 1 aromatic heterocycles. The Morgan fingerprint density at radius 1 is 1.32 bits per heavy atom. The van der Waals surface area contributed by atoms with Crippen molar-refractivity contribution in [3.63, 3.8) is 0 Å². The predicted molar refractivity (Wildman–Crippen MR) is 80.8 cm³/mol. The first-order chi connectivity index (χ1) is 10.3. The summed E-state index contributed by atoms with van der Waals surface area (Å²) in [6.07, 6.45) is 0.925. The van der Waals surface area contributed by atoms with Crippen molar-refractivity contribution in [2.24, 2.45) is 7.05 Å². The van der Waals surface area contributed by atoms with Gasteiger partial charge < -0.3 is 5.11 Å². The molecule has 0 radical (unpaired) electrons. The smallest absolute Gasteiger partial charge is 0.265 e. The number of benzene rings is 1. The monoisotopic (exact) mass is 327 g/mol. The number of phenols is 1. The Kier molecular flexibility index (Phi) is 4.41. The van der Waals surface area contributed by atoms with Crippen LogP contribution in [0.25, 0.3) is 0 Å². The van der Waals surface area contributed by atoms with Gasteiger partial charge in [-0.25, -0.2) is 12.8 Å². The zero-order valence-corrected chi connectivity index (χ0v) is 13.4. The summed E-state index contributed by atoms with van der Waals surface area (Å²) >= 11 is 0. The van der Waals surface area contributed by atoms with Gasteiger partial charge >= 0.3 is 0 Å². The topological polar surface area (TPSA) is 84.2 Å². The number of sulfonamides is 1. The average Bonchev–Trinajstić information content (AvgIpc) is 2.79. The van der Waals surface area contributed by atoms with Crippen LogP contribution in [-0.2, 0) is 29.9 Å². The van der Waals surface area contributed by atoms with Crippen molar-refractivity contribution < 1.29 is 17.9 Å². The molecule has 2 aromatic rings. The Morgan fingerprint density at radius 2 is 2.00 bits per heavy atom. The number of nitrogens with zero attached hydrogens (tertiary/aromatic N) is 2. The number of hydrogen-bond acceptors (Lipinski definition) is 4. The average molecular weight is 327 g/mol. The van der Waals surface area contributed by atoms with Gasteiger partial charge in [0.1, 0.15) is 16.5 Å². The lowest BCUT2D eigenvalue weighted by atomic mass is 10.2. The Hall–Kier alpha value is -2.09. The number of anilines is 1. The number of nitrogens with one attached hydrogen (secondary N) is 1. The first-order valence-corrected chi connectivity index (χ1v) is 8.34. The molecule has 0 aliphatic rings. The minimum atomic E-state index is -3.98. The molecule has 0 saturated heterocycles. The van der Waals surface area contributed by atoms with Gasteiger partial charge in [0, 0.05) is 13.1 Å². The molecule has 0 spiro atoms. The molecule has 0 unspecified atom stereocenters. The zero-order chi connectivity index (χ0) is 16.5. The number of aromatic nitrogens is 2. The van der Waals surface area contributed by atoms with Crippen molar-refractivity contribution in [1.82, 2.24) is 9.78 Å². The molecule has 2 rings (SSSR count). The SMILES string of the molecule is CCc1nn(C)c(CC)c1S(=O)(=O)Nc1cc(F)ccc1O. The summed E-state index contributed by atoms with van der Waals surface area (Å²) < 4.78 is 42.3. The van der Waals surface area contributed by atoms with Gasteiger partial charge in [-0.1, -0.05) is 13.8 Å². The third-order valence-electron chi connectivity index (χ3n) is 3.33. The molecule has 2 N–H and O–H groups in total. The molecular weight excluding hydrogens is 309 g/mol. The van der Waals surface area contributed by atoms with Crippen molar-refractivity contribution >= 4 is 15.7 Å². The molecule has 0 fully saturated rings. The lowest BCUT2D eigenvalue weighted by Gasteiger charge is -2.11. The third kappa shape index (κ3) is 2.92. The highest BCUT2D eigenvalue weighted by Gasteiger charge is 2.27. The molecule has 0 atom stereocenters. The van der Waals surface area contributed by atoms with Crippen LogP contribution in [0.2, 0.25) is 0 Å². The van der Waals surface area contributed by atoms with E-state index in [4.69, 9.17) is 0 Å². The van der Waals surface area contributed by atoms with E-state index in [1.165, 1.54) is 4.68 Å². The van der Waals surface area contributed by atoms with Crippen LogP contribution in [0.3, 0.4) is 0 Å². The van der Waals surface area contributed by atoms with Crippen molar-refractivity contribution in [3.8, 4) is 5.75 Å². The number of rotatable bonds is 5. The summed E-state index contributed by atoms with van der Waals surface area (Å²) in [6, 6.07) is 3.07. The Balaban J connectivity index is 2.54. The largest absolute Gasteiger partial charge is 0.506 e. The van der Waals surface area contributed by atoms with Crippen molar-refractivity contribution in [1.29, 1.82) is 0 Å². The van der Waals surface area contributed by atoms with Crippen molar-refractivity contribution in [2.45, 2.75) is 31.6 Å². The van der Waals surface area contributed by atoms with Gasteiger partial charge in [-0.3, -0.25) is 9.40 Å². The number of halogens is 1. The number of hydrogen-bond donors (Lipinski definition) is 2. The van der Waals surface area contributed by atoms with Gasteiger partial charge in [0.25, 0.3) is 10.0 Å². The summed E-state index contributed by atoms with van der Waals surface area (Å²) in [7, 11) is -2.30. The fourth-order valence-electron chi connectivity index (χ4n) is 2.32. The van der Waals surface area contributed by atoms with Crippen LogP contribution in [-0.4, -0.2) is 23.3 Å². The van der Waals surface area contributed by atoms with E-state index >= 15 is 0 Å². The van der Waals surface area contributed by atoms with Gasteiger partial charge in [0.15, 0.2) is 0 Å². The maximum Gasteiger partial charge on any atom is 0.265 e. The Labute approximate surface area is 128 Å². The number of aryl methyl sites for hydroxylation is 2. The van der Waals surface area contributed by atoms with Gasteiger partial charge in [-0.2, -0.15) is 5.10 Å². The first kappa shape index (κ1) is 16.3. The van der Waals surface area contributed by atoms with Crippen molar-refractivity contribution in [3.05, 3.63) is 35.4 Å². The second-order valence-electron chi connectivity index (χ2n) is 4.82. The molecule has 120 valence electrons. The molecule has 0 aliphatic heterocycles. The highest BCUT2D eigenvalue weighted by Crippen LogP contribution is 2.29. The lowest BCUT2D eigenvalue weighted by molar-refractivity contribution is 0.475. The van der Waals surface area contributed by atoms with E-state index in [2.05, 4.69) is 9.82 Å². The molecule has 1 heterocycles. The van der Waals surface area contributed by atoms with E-state index in [0.29, 0.717) is 24.2 Å². The highest BCUT2D eigenvalue weighted by atomic mass is 32.2. The molecular formula is C14H18FN3O3S. The molecule has 1 aromatic carbocycles. The highest BCUT2D eigenvalue weighted by molar-refractivity contribution is 7.92. The summed E-state index contributed by atoms with van der Waals surface area (Å²) in [5, 5.41) is 13.9. The molecule has 22 heavy (non-hydrogen) atoms.